The molecule has 5 heteroatoms. The summed E-state index contributed by atoms with van der Waals surface area (Å²) in [5.41, 5.74) is 7.00. The number of ether oxygens (including phenoxy) is 1. The number of pyridine rings is 1. The van der Waals surface area contributed by atoms with Crippen LogP contribution in [0, 0.1) is 11.8 Å². The molecule has 2 rings (SSSR count). The van der Waals surface area contributed by atoms with Gasteiger partial charge in [0.25, 0.3) is 0 Å². The number of amidine groups is 1. The summed E-state index contributed by atoms with van der Waals surface area (Å²) in [6.07, 6.45) is 5.47. The zero-order valence-corrected chi connectivity index (χ0v) is 12.1. The number of hydrogen-bond donors (Lipinski definition) is 2. The van der Waals surface area contributed by atoms with Crippen LogP contribution in [0.2, 0.25) is 0 Å². The second-order valence-electron chi connectivity index (χ2n) is 5.74. The molecule has 0 bridgehead atoms. The molecular formula is C15H23N3O2. The molecule has 1 aliphatic rings. The van der Waals surface area contributed by atoms with Crippen LogP contribution in [0.25, 0.3) is 0 Å². The normalized spacial score (nSPS) is 27.5. The van der Waals surface area contributed by atoms with Crippen molar-refractivity contribution in [2.45, 2.75) is 45.8 Å². The Morgan fingerprint density at radius 2 is 2.25 bits per heavy atom. The van der Waals surface area contributed by atoms with Crippen LogP contribution in [0.5, 0.6) is 0 Å². The van der Waals surface area contributed by atoms with Crippen molar-refractivity contribution < 1.29 is 9.94 Å². The van der Waals surface area contributed by atoms with Gasteiger partial charge in [0, 0.05) is 6.20 Å². The van der Waals surface area contributed by atoms with E-state index in [0.717, 1.165) is 30.2 Å². The molecule has 0 spiro atoms. The second kappa shape index (κ2) is 6.70. The van der Waals surface area contributed by atoms with E-state index < -0.39 is 0 Å². The van der Waals surface area contributed by atoms with Gasteiger partial charge in [-0.1, -0.05) is 19.0 Å². The van der Waals surface area contributed by atoms with E-state index in [2.05, 4.69) is 24.0 Å². The van der Waals surface area contributed by atoms with Gasteiger partial charge < -0.3 is 15.7 Å². The Morgan fingerprint density at radius 3 is 2.95 bits per heavy atom. The van der Waals surface area contributed by atoms with Crippen LogP contribution in [0.1, 0.15) is 44.4 Å². The Kier molecular flexibility index (Phi) is 4.95. The van der Waals surface area contributed by atoms with E-state index in [4.69, 9.17) is 15.7 Å². The van der Waals surface area contributed by atoms with Gasteiger partial charge >= 0.3 is 0 Å². The Balaban J connectivity index is 1.91. The smallest absolute Gasteiger partial charge is 0.188 e. The zero-order valence-electron chi connectivity index (χ0n) is 12.1. The summed E-state index contributed by atoms with van der Waals surface area (Å²) in [7, 11) is 0. The SMILES string of the molecule is CC1CCC(OCc2ccnc(C(N)=NO)c2)CC1C. The van der Waals surface area contributed by atoms with Gasteiger partial charge in [0.2, 0.25) is 0 Å². The highest BCUT2D eigenvalue weighted by Crippen LogP contribution is 2.31. The van der Waals surface area contributed by atoms with Crippen LogP contribution in [-0.4, -0.2) is 22.1 Å². The predicted octanol–water partition coefficient (Wildman–Crippen LogP) is 2.52. The topological polar surface area (TPSA) is 80.7 Å². The molecule has 0 amide bonds. The lowest BCUT2D eigenvalue weighted by Gasteiger charge is -2.32. The van der Waals surface area contributed by atoms with E-state index in [1.807, 2.05) is 6.07 Å². The van der Waals surface area contributed by atoms with Crippen LogP contribution < -0.4 is 5.73 Å². The Labute approximate surface area is 119 Å². The molecule has 0 radical (unpaired) electrons. The molecule has 3 atom stereocenters. The third-order valence-electron chi connectivity index (χ3n) is 4.23. The van der Waals surface area contributed by atoms with Crippen molar-refractivity contribution in [1.82, 2.24) is 4.98 Å². The molecule has 0 saturated heterocycles. The summed E-state index contributed by atoms with van der Waals surface area (Å²) in [5, 5.41) is 11.6. The Bertz CT molecular complexity index is 476. The highest BCUT2D eigenvalue weighted by molar-refractivity contribution is 5.95. The fourth-order valence-corrected chi connectivity index (χ4v) is 2.62. The first kappa shape index (κ1) is 14.8. The van der Waals surface area contributed by atoms with E-state index in [1.54, 1.807) is 12.3 Å². The van der Waals surface area contributed by atoms with E-state index in [0.29, 0.717) is 18.4 Å². The van der Waals surface area contributed by atoms with Gasteiger partial charge in [0.1, 0.15) is 5.69 Å². The highest BCUT2D eigenvalue weighted by Gasteiger charge is 2.24. The van der Waals surface area contributed by atoms with E-state index >= 15 is 0 Å². The molecule has 1 saturated carbocycles. The fourth-order valence-electron chi connectivity index (χ4n) is 2.62. The third kappa shape index (κ3) is 3.70. The number of hydrogen-bond acceptors (Lipinski definition) is 4. The minimum Gasteiger partial charge on any atom is -0.409 e. The molecule has 1 fully saturated rings. The summed E-state index contributed by atoms with van der Waals surface area (Å²) < 4.78 is 5.99. The molecule has 110 valence electrons. The molecular weight excluding hydrogens is 254 g/mol. The molecule has 0 aromatic carbocycles. The van der Waals surface area contributed by atoms with Crippen molar-refractivity contribution in [3.63, 3.8) is 0 Å². The maximum Gasteiger partial charge on any atom is 0.188 e. The zero-order chi connectivity index (χ0) is 14.5. The lowest BCUT2D eigenvalue weighted by Crippen LogP contribution is -2.26. The van der Waals surface area contributed by atoms with Gasteiger partial charge in [0.05, 0.1) is 12.7 Å². The maximum absolute atomic E-state index is 8.66. The largest absolute Gasteiger partial charge is 0.409 e. The van der Waals surface area contributed by atoms with Gasteiger partial charge in [-0.25, -0.2) is 0 Å². The lowest BCUT2D eigenvalue weighted by molar-refractivity contribution is -0.00748. The average molecular weight is 277 g/mol. The number of nitrogens with two attached hydrogens (primary N) is 1. The van der Waals surface area contributed by atoms with Crippen LogP contribution in [0.15, 0.2) is 23.5 Å². The maximum atomic E-state index is 8.66. The highest BCUT2D eigenvalue weighted by atomic mass is 16.5. The van der Waals surface area contributed by atoms with Crippen molar-refractivity contribution in [3.8, 4) is 0 Å². The van der Waals surface area contributed by atoms with Crippen LogP contribution in [-0.2, 0) is 11.3 Å². The standard InChI is InChI=1S/C15H23N3O2/c1-10-3-4-13(7-11(10)2)20-9-12-5-6-17-14(8-12)15(16)18-19/h5-6,8,10-11,13,19H,3-4,7,9H2,1-2H3,(H2,16,18). The number of nitrogens with zero attached hydrogens (tertiary/aromatic N) is 2. The minimum absolute atomic E-state index is 0.0203. The van der Waals surface area contributed by atoms with E-state index in [-0.39, 0.29) is 5.84 Å². The Hall–Kier alpha value is -1.62. The van der Waals surface area contributed by atoms with Gasteiger partial charge in [0.15, 0.2) is 5.84 Å². The molecule has 1 aliphatic carbocycles. The Morgan fingerprint density at radius 1 is 1.45 bits per heavy atom. The molecule has 5 nitrogen and oxygen atoms in total. The first-order valence-electron chi connectivity index (χ1n) is 7.14. The summed E-state index contributed by atoms with van der Waals surface area (Å²) in [6.45, 7) is 5.15. The summed E-state index contributed by atoms with van der Waals surface area (Å²) in [6, 6.07) is 3.69. The molecule has 0 aliphatic heterocycles. The van der Waals surface area contributed by atoms with Crippen molar-refractivity contribution in [2.24, 2.45) is 22.7 Å². The molecule has 1 aromatic heterocycles. The van der Waals surface area contributed by atoms with Crippen LogP contribution >= 0.6 is 0 Å². The average Bonchev–Trinajstić information content (AvgIpc) is 2.48. The van der Waals surface area contributed by atoms with E-state index in [9.17, 15) is 0 Å². The fraction of sp³-hybridized carbons (Fsp3) is 0.600. The second-order valence-corrected chi connectivity index (χ2v) is 5.74. The van der Waals surface area contributed by atoms with Gasteiger partial charge in [-0.3, -0.25) is 4.98 Å². The van der Waals surface area contributed by atoms with Gasteiger partial charge in [-0.05, 0) is 48.8 Å². The van der Waals surface area contributed by atoms with Gasteiger partial charge in [-0.2, -0.15) is 0 Å². The summed E-state index contributed by atoms with van der Waals surface area (Å²) >= 11 is 0. The molecule has 3 unspecified atom stereocenters. The monoisotopic (exact) mass is 277 g/mol. The van der Waals surface area contributed by atoms with Gasteiger partial charge in [-0.15, -0.1) is 0 Å². The third-order valence-corrected chi connectivity index (χ3v) is 4.23. The number of aromatic nitrogens is 1. The van der Waals surface area contributed by atoms with Crippen LogP contribution in [0.4, 0.5) is 0 Å². The summed E-state index contributed by atoms with van der Waals surface area (Å²) in [5.74, 6) is 1.54. The quantitative estimate of drug-likeness (QED) is 0.383. The lowest BCUT2D eigenvalue weighted by atomic mass is 9.80. The molecule has 1 heterocycles. The molecule has 3 N–H and O–H groups in total. The summed E-state index contributed by atoms with van der Waals surface area (Å²) in [4.78, 5) is 4.06. The first-order chi connectivity index (χ1) is 9.60. The molecule has 20 heavy (non-hydrogen) atoms. The predicted molar refractivity (Wildman–Crippen MR) is 77.5 cm³/mol. The van der Waals surface area contributed by atoms with Crippen molar-refractivity contribution in [1.29, 1.82) is 0 Å². The van der Waals surface area contributed by atoms with Crippen molar-refractivity contribution in [2.75, 3.05) is 0 Å². The number of rotatable bonds is 4. The molecule has 1 aromatic rings. The van der Waals surface area contributed by atoms with Crippen LogP contribution in [0.3, 0.4) is 0 Å². The van der Waals surface area contributed by atoms with Crippen molar-refractivity contribution in [3.05, 3.63) is 29.6 Å². The minimum atomic E-state index is 0.0203. The first-order valence-corrected chi connectivity index (χ1v) is 7.14. The van der Waals surface area contributed by atoms with E-state index in [1.165, 1.54) is 6.42 Å². The number of oxime groups is 1. The van der Waals surface area contributed by atoms with Crippen molar-refractivity contribution >= 4 is 5.84 Å².